The van der Waals surface area contributed by atoms with E-state index in [0.717, 1.165) is 70.5 Å². The van der Waals surface area contributed by atoms with Gasteiger partial charge in [0.2, 0.25) is 0 Å². The lowest BCUT2D eigenvalue weighted by atomic mass is 10.2. The molecule has 3 rings (SSSR count). The first kappa shape index (κ1) is 20.4. The quantitative estimate of drug-likeness (QED) is 0.396. The highest BCUT2D eigenvalue weighted by Crippen LogP contribution is 2.08. The summed E-state index contributed by atoms with van der Waals surface area (Å²) in [5.74, 6) is 1.73. The van der Waals surface area contributed by atoms with Crippen LogP contribution in [0.2, 0.25) is 0 Å². The molecule has 2 heterocycles. The number of hydrogen-bond donors (Lipinski definition) is 2. The normalized spacial score (nSPS) is 16.2. The van der Waals surface area contributed by atoms with Gasteiger partial charge in [-0.25, -0.2) is 4.99 Å². The van der Waals surface area contributed by atoms with E-state index < -0.39 is 0 Å². The Morgan fingerprint density at radius 2 is 1.79 bits per heavy atom. The van der Waals surface area contributed by atoms with Gasteiger partial charge < -0.3 is 20.0 Å². The third kappa shape index (κ3) is 7.02. The molecule has 2 N–H and O–H groups in total. The van der Waals surface area contributed by atoms with Crippen LogP contribution in [-0.2, 0) is 13.1 Å². The number of guanidine groups is 1. The molecule has 1 fully saturated rings. The van der Waals surface area contributed by atoms with Crippen molar-refractivity contribution in [3.63, 3.8) is 0 Å². The molecule has 0 unspecified atom stereocenters. The maximum absolute atomic E-state index is 5.34. The average molecular weight is 384 g/mol. The maximum atomic E-state index is 5.34. The van der Waals surface area contributed by atoms with Gasteiger partial charge in [-0.05, 0) is 37.6 Å². The van der Waals surface area contributed by atoms with Gasteiger partial charge in [-0.3, -0.25) is 4.90 Å². The molecule has 1 aromatic heterocycles. The number of aliphatic imine (C=N–C) groups is 1. The summed E-state index contributed by atoms with van der Waals surface area (Å²) in [7, 11) is 0. The van der Waals surface area contributed by atoms with E-state index in [1.807, 2.05) is 12.1 Å². The molecule has 0 spiro atoms. The molecule has 1 saturated heterocycles. The topological polar surface area (TPSA) is 56.0 Å². The monoisotopic (exact) mass is 383 g/mol. The first-order valence-corrected chi connectivity index (χ1v) is 10.4. The lowest BCUT2D eigenvalue weighted by Crippen LogP contribution is -2.46. The Morgan fingerprint density at radius 1 is 1.00 bits per heavy atom. The molecule has 2 aromatic rings. The van der Waals surface area contributed by atoms with Gasteiger partial charge in [-0.2, -0.15) is 0 Å². The van der Waals surface area contributed by atoms with Crippen molar-refractivity contribution < 1.29 is 4.42 Å². The molecule has 152 valence electrons. The third-order valence-electron chi connectivity index (χ3n) is 4.97. The van der Waals surface area contributed by atoms with E-state index in [1.54, 1.807) is 6.26 Å². The van der Waals surface area contributed by atoms with Gasteiger partial charge in [-0.1, -0.05) is 30.3 Å². The van der Waals surface area contributed by atoms with Crippen molar-refractivity contribution in [1.82, 2.24) is 20.4 Å². The van der Waals surface area contributed by atoms with Gasteiger partial charge in [0, 0.05) is 45.8 Å². The zero-order valence-corrected chi connectivity index (χ0v) is 16.9. The summed E-state index contributed by atoms with van der Waals surface area (Å²) in [6.45, 7) is 11.2. The highest BCUT2D eigenvalue weighted by molar-refractivity contribution is 5.79. The van der Waals surface area contributed by atoms with E-state index in [0.29, 0.717) is 6.54 Å². The van der Waals surface area contributed by atoms with E-state index in [4.69, 9.17) is 4.42 Å². The first-order valence-electron chi connectivity index (χ1n) is 10.4. The summed E-state index contributed by atoms with van der Waals surface area (Å²) in [5.41, 5.74) is 1.41. The molecule has 1 aliphatic rings. The molecule has 0 atom stereocenters. The van der Waals surface area contributed by atoms with Crippen LogP contribution < -0.4 is 10.6 Å². The van der Waals surface area contributed by atoms with Gasteiger partial charge in [0.1, 0.15) is 12.3 Å². The summed E-state index contributed by atoms with van der Waals surface area (Å²) >= 11 is 0. The third-order valence-corrected chi connectivity index (χ3v) is 4.97. The lowest BCUT2D eigenvalue weighted by Gasteiger charge is -2.34. The van der Waals surface area contributed by atoms with E-state index in [-0.39, 0.29) is 0 Å². The van der Waals surface area contributed by atoms with Gasteiger partial charge in [0.15, 0.2) is 5.96 Å². The zero-order valence-electron chi connectivity index (χ0n) is 16.9. The highest BCUT2D eigenvalue weighted by Gasteiger charge is 2.16. The minimum absolute atomic E-state index is 0.561. The number of nitrogens with zero attached hydrogens (tertiary/aromatic N) is 3. The number of nitrogens with one attached hydrogen (secondary N) is 2. The van der Waals surface area contributed by atoms with Crippen LogP contribution in [0.15, 0.2) is 58.1 Å². The standard InChI is InChI=1S/C22H33N5O/c1-2-23-22(25-18-21-10-6-17-28-21)24-11-7-12-26-13-15-27(16-14-26)19-20-8-4-3-5-9-20/h3-6,8-10,17H,2,7,11-16,18-19H2,1H3,(H2,23,24,25). The number of benzene rings is 1. The summed E-state index contributed by atoms with van der Waals surface area (Å²) in [4.78, 5) is 9.69. The number of hydrogen-bond acceptors (Lipinski definition) is 4. The van der Waals surface area contributed by atoms with Crippen LogP contribution in [0.25, 0.3) is 0 Å². The van der Waals surface area contributed by atoms with Crippen LogP contribution >= 0.6 is 0 Å². The van der Waals surface area contributed by atoms with Crippen LogP contribution in [0.4, 0.5) is 0 Å². The smallest absolute Gasteiger partial charge is 0.191 e. The van der Waals surface area contributed by atoms with Gasteiger partial charge >= 0.3 is 0 Å². The molecule has 0 bridgehead atoms. The van der Waals surface area contributed by atoms with Crippen LogP contribution in [0.5, 0.6) is 0 Å². The Kier molecular flexibility index (Phi) is 8.40. The molecular formula is C22H33N5O. The molecule has 6 heteroatoms. The molecule has 0 amide bonds. The maximum Gasteiger partial charge on any atom is 0.191 e. The minimum atomic E-state index is 0.561. The molecule has 6 nitrogen and oxygen atoms in total. The summed E-state index contributed by atoms with van der Waals surface area (Å²) in [6, 6.07) is 14.6. The SMILES string of the molecule is CCNC(=NCc1ccco1)NCCCN1CCN(Cc2ccccc2)CC1. The van der Waals surface area contributed by atoms with Crippen LogP contribution in [0.1, 0.15) is 24.7 Å². The predicted octanol–water partition coefficient (Wildman–Crippen LogP) is 2.54. The van der Waals surface area contributed by atoms with Crippen molar-refractivity contribution in [2.75, 3.05) is 45.8 Å². The van der Waals surface area contributed by atoms with E-state index in [2.05, 4.69) is 62.7 Å². The number of furan rings is 1. The van der Waals surface area contributed by atoms with Crippen molar-refractivity contribution in [2.24, 2.45) is 4.99 Å². The molecule has 28 heavy (non-hydrogen) atoms. The van der Waals surface area contributed by atoms with E-state index >= 15 is 0 Å². The van der Waals surface area contributed by atoms with Gasteiger partial charge in [-0.15, -0.1) is 0 Å². The van der Waals surface area contributed by atoms with Crippen molar-refractivity contribution in [1.29, 1.82) is 0 Å². The summed E-state index contributed by atoms with van der Waals surface area (Å²) in [6.07, 6.45) is 2.80. The van der Waals surface area contributed by atoms with Crippen molar-refractivity contribution in [3.05, 3.63) is 60.1 Å². The Morgan fingerprint density at radius 3 is 2.50 bits per heavy atom. The van der Waals surface area contributed by atoms with Gasteiger partial charge in [0.25, 0.3) is 0 Å². The molecule has 0 radical (unpaired) electrons. The van der Waals surface area contributed by atoms with Crippen LogP contribution in [-0.4, -0.2) is 61.6 Å². The highest BCUT2D eigenvalue weighted by atomic mass is 16.3. The molecule has 1 aromatic carbocycles. The van der Waals surface area contributed by atoms with E-state index in [1.165, 1.54) is 5.56 Å². The zero-order chi connectivity index (χ0) is 19.4. The Bertz CT molecular complexity index is 678. The molecule has 0 aliphatic carbocycles. The molecule has 0 saturated carbocycles. The van der Waals surface area contributed by atoms with Crippen LogP contribution in [0, 0.1) is 0 Å². The predicted molar refractivity (Wildman–Crippen MR) is 114 cm³/mol. The molecular weight excluding hydrogens is 350 g/mol. The van der Waals surface area contributed by atoms with Crippen molar-refractivity contribution >= 4 is 5.96 Å². The number of piperazine rings is 1. The van der Waals surface area contributed by atoms with Gasteiger partial charge in [0.05, 0.1) is 6.26 Å². The summed E-state index contributed by atoms with van der Waals surface area (Å²) < 4.78 is 5.34. The van der Waals surface area contributed by atoms with Crippen molar-refractivity contribution in [2.45, 2.75) is 26.4 Å². The van der Waals surface area contributed by atoms with Crippen molar-refractivity contribution in [3.8, 4) is 0 Å². The summed E-state index contributed by atoms with van der Waals surface area (Å²) in [5, 5.41) is 6.71. The first-order chi connectivity index (χ1) is 13.8. The molecule has 1 aliphatic heterocycles. The second-order valence-corrected chi connectivity index (χ2v) is 7.16. The largest absolute Gasteiger partial charge is 0.467 e. The van der Waals surface area contributed by atoms with Crippen LogP contribution in [0.3, 0.4) is 0 Å². The fourth-order valence-corrected chi connectivity index (χ4v) is 3.42. The second kappa shape index (κ2) is 11.5. The fourth-order valence-electron chi connectivity index (χ4n) is 3.42. The van der Waals surface area contributed by atoms with E-state index in [9.17, 15) is 0 Å². The second-order valence-electron chi connectivity index (χ2n) is 7.16. The Hall–Kier alpha value is -2.31. The average Bonchev–Trinajstić information content (AvgIpc) is 3.25. The number of rotatable bonds is 9. The lowest BCUT2D eigenvalue weighted by molar-refractivity contribution is 0.126. The minimum Gasteiger partial charge on any atom is -0.467 e. The fraction of sp³-hybridized carbons (Fsp3) is 0.500. The Labute approximate surface area is 168 Å². The Balaban J connectivity index is 1.31.